The van der Waals surface area contributed by atoms with E-state index in [-0.39, 0.29) is 57.5 Å². The molecule has 0 aromatic rings. The Labute approximate surface area is 220 Å². The van der Waals surface area contributed by atoms with Gasteiger partial charge >= 0.3 is 0 Å². The molecule has 0 saturated heterocycles. The summed E-state index contributed by atoms with van der Waals surface area (Å²) in [5.41, 5.74) is 0.559. The molecular formula is C31H42N2O4. The van der Waals surface area contributed by atoms with Gasteiger partial charge in [0, 0.05) is 16.7 Å². The quantitative estimate of drug-likeness (QED) is 0.357. The Morgan fingerprint density at radius 1 is 1.05 bits per heavy atom. The van der Waals surface area contributed by atoms with E-state index in [0.717, 1.165) is 31.3 Å². The third kappa shape index (κ3) is 2.98. The fourth-order valence-corrected chi connectivity index (χ4v) is 10.4. The van der Waals surface area contributed by atoms with Gasteiger partial charge in [0.05, 0.1) is 11.0 Å². The first-order chi connectivity index (χ1) is 17.2. The highest BCUT2D eigenvalue weighted by Crippen LogP contribution is 2.74. The second-order valence-corrected chi connectivity index (χ2v) is 14.3. The molecule has 6 nitrogen and oxygen atoms in total. The molecule has 0 spiro atoms. The van der Waals surface area contributed by atoms with Crippen LogP contribution in [0.1, 0.15) is 87.0 Å². The van der Waals surface area contributed by atoms with Gasteiger partial charge in [-0.05, 0) is 79.1 Å². The fraction of sp³-hybridized carbons (Fsp3) is 0.742. The van der Waals surface area contributed by atoms with Gasteiger partial charge in [-0.15, -0.1) is 0 Å². The van der Waals surface area contributed by atoms with E-state index in [9.17, 15) is 24.9 Å². The average molecular weight is 507 g/mol. The minimum absolute atomic E-state index is 0.00773. The molecule has 9 atom stereocenters. The number of hydrogen-bond acceptors (Lipinski definition) is 5. The molecule has 0 radical (unpaired) electrons. The maximum absolute atomic E-state index is 14.4. The molecule has 5 aliphatic carbocycles. The summed E-state index contributed by atoms with van der Waals surface area (Å²) in [6.07, 6.45) is 8.39. The molecule has 0 aliphatic heterocycles. The SMILES string of the molecule is C[C@@H]1[C@H]2[C@H]3C(=O)C=C4[C@@]5(C)C=C(C#N)C(=O)C(C)(C)[C@@H]5CC[C@@]4(C)[C@]3(C)CC[C@@]2(C(=O)NO)CC[C@H]1C. The van der Waals surface area contributed by atoms with Crippen molar-refractivity contribution in [2.45, 2.75) is 87.0 Å². The second kappa shape index (κ2) is 7.88. The van der Waals surface area contributed by atoms with E-state index in [1.54, 1.807) is 0 Å². The second-order valence-electron chi connectivity index (χ2n) is 14.3. The number of rotatable bonds is 1. The number of carbonyl (C=O) groups is 3. The molecule has 5 aliphatic rings. The largest absolute Gasteiger partial charge is 0.295 e. The molecule has 0 bridgehead atoms. The molecular weight excluding hydrogens is 464 g/mol. The number of hydrogen-bond donors (Lipinski definition) is 2. The van der Waals surface area contributed by atoms with Gasteiger partial charge in [0.1, 0.15) is 6.07 Å². The number of ketones is 2. The Morgan fingerprint density at radius 3 is 2.35 bits per heavy atom. The highest BCUT2D eigenvalue weighted by molar-refractivity contribution is 6.04. The van der Waals surface area contributed by atoms with Gasteiger partial charge in [-0.1, -0.05) is 60.1 Å². The zero-order valence-corrected chi connectivity index (χ0v) is 23.4. The first kappa shape index (κ1) is 26.4. The van der Waals surface area contributed by atoms with Crippen molar-refractivity contribution in [1.82, 2.24) is 5.48 Å². The van der Waals surface area contributed by atoms with E-state index in [0.29, 0.717) is 18.8 Å². The summed E-state index contributed by atoms with van der Waals surface area (Å²) in [7, 11) is 0. The summed E-state index contributed by atoms with van der Waals surface area (Å²) in [5.74, 6) is -0.273. The summed E-state index contributed by atoms with van der Waals surface area (Å²) >= 11 is 0. The van der Waals surface area contributed by atoms with E-state index in [4.69, 9.17) is 0 Å². The van der Waals surface area contributed by atoms with Crippen LogP contribution in [0.2, 0.25) is 0 Å². The van der Waals surface area contributed by atoms with Crippen molar-refractivity contribution in [3.63, 3.8) is 0 Å². The fourth-order valence-electron chi connectivity index (χ4n) is 10.4. The lowest BCUT2D eigenvalue weighted by atomic mass is 9.34. The van der Waals surface area contributed by atoms with Gasteiger partial charge in [-0.2, -0.15) is 5.26 Å². The van der Waals surface area contributed by atoms with Crippen molar-refractivity contribution in [3.05, 3.63) is 23.3 Å². The van der Waals surface area contributed by atoms with Crippen LogP contribution in [0.5, 0.6) is 0 Å². The van der Waals surface area contributed by atoms with Crippen LogP contribution >= 0.6 is 0 Å². The number of nitriles is 1. The Hall–Kier alpha value is -2.26. The van der Waals surface area contributed by atoms with Crippen LogP contribution in [-0.2, 0) is 14.4 Å². The lowest BCUT2D eigenvalue weighted by Gasteiger charge is -2.69. The van der Waals surface area contributed by atoms with Crippen LogP contribution in [0.4, 0.5) is 0 Å². The van der Waals surface area contributed by atoms with E-state index in [2.05, 4.69) is 40.7 Å². The Balaban J connectivity index is 1.72. The summed E-state index contributed by atoms with van der Waals surface area (Å²) in [6.45, 7) is 15.0. The first-order valence-corrected chi connectivity index (χ1v) is 14.0. The van der Waals surface area contributed by atoms with Crippen molar-refractivity contribution in [3.8, 4) is 6.07 Å². The Bertz CT molecular complexity index is 1190. The predicted molar refractivity (Wildman–Crippen MR) is 139 cm³/mol. The summed E-state index contributed by atoms with van der Waals surface area (Å²) < 4.78 is 0. The first-order valence-electron chi connectivity index (χ1n) is 14.0. The van der Waals surface area contributed by atoms with Gasteiger partial charge in [-0.3, -0.25) is 19.6 Å². The van der Waals surface area contributed by atoms with Crippen LogP contribution < -0.4 is 5.48 Å². The van der Waals surface area contributed by atoms with Crippen LogP contribution in [-0.4, -0.2) is 22.7 Å². The highest BCUT2D eigenvalue weighted by atomic mass is 16.5. The standard InChI is InChI=1S/C31H42N2O4/c1-17-8-11-31(26(36)33-37)13-12-30(7)24(23(31)18(17)2)20(34)14-22-28(5)15-19(16-32)25(35)27(3,4)21(28)9-10-29(22,30)6/h14-15,17-18,21,23-24,37H,8-13H2,1-7H3,(H,33,36)/t17-,18+,21+,23+,24-,28+,29-,30-,31+/m1/s1. The minimum atomic E-state index is -0.740. The number of hydroxylamine groups is 1. The topological polar surface area (TPSA) is 107 Å². The predicted octanol–water partition coefficient (Wildman–Crippen LogP) is 5.57. The number of nitrogens with one attached hydrogen (secondary N) is 1. The van der Waals surface area contributed by atoms with Crippen molar-refractivity contribution >= 4 is 17.5 Å². The normalized spacial score (nSPS) is 48.2. The molecule has 0 aromatic carbocycles. The van der Waals surface area contributed by atoms with Crippen molar-refractivity contribution in [2.75, 3.05) is 0 Å². The number of Topliss-reactive ketones (excluding diaryl/α,β-unsaturated/α-hetero) is 1. The number of amides is 1. The van der Waals surface area contributed by atoms with Crippen LogP contribution in [0.3, 0.4) is 0 Å². The zero-order valence-electron chi connectivity index (χ0n) is 23.4. The molecule has 0 heterocycles. The van der Waals surface area contributed by atoms with E-state index in [1.807, 2.05) is 31.5 Å². The molecule has 3 fully saturated rings. The summed E-state index contributed by atoms with van der Waals surface area (Å²) in [6, 6.07) is 2.16. The zero-order chi connectivity index (χ0) is 27.3. The molecule has 5 rings (SSSR count). The lowest BCUT2D eigenvalue weighted by molar-refractivity contribution is -0.187. The molecule has 0 unspecified atom stereocenters. The molecule has 2 N–H and O–H groups in total. The number of carbonyl (C=O) groups excluding carboxylic acids is 3. The van der Waals surface area contributed by atoms with E-state index in [1.165, 1.54) is 0 Å². The molecule has 6 heteroatoms. The number of fused-ring (bicyclic) bond motifs is 7. The number of nitrogens with zero attached hydrogens (tertiary/aromatic N) is 1. The third-order valence-corrected chi connectivity index (χ3v) is 12.8. The highest BCUT2D eigenvalue weighted by Gasteiger charge is 2.71. The van der Waals surface area contributed by atoms with Gasteiger partial charge < -0.3 is 0 Å². The lowest BCUT2D eigenvalue weighted by Crippen LogP contribution is -2.67. The van der Waals surface area contributed by atoms with Crippen molar-refractivity contribution in [2.24, 2.45) is 56.7 Å². The summed E-state index contributed by atoms with van der Waals surface area (Å²) in [4.78, 5) is 40.8. The monoisotopic (exact) mass is 506 g/mol. The van der Waals surface area contributed by atoms with Crippen LogP contribution in [0.15, 0.2) is 23.3 Å². The molecule has 1 amide bonds. The molecule has 3 saturated carbocycles. The summed E-state index contributed by atoms with van der Waals surface area (Å²) in [5, 5.41) is 19.6. The average Bonchev–Trinajstić information content (AvgIpc) is 2.85. The Kier molecular flexibility index (Phi) is 5.61. The van der Waals surface area contributed by atoms with Crippen LogP contribution in [0.25, 0.3) is 0 Å². The van der Waals surface area contributed by atoms with Gasteiger partial charge in [0.2, 0.25) is 5.91 Å². The number of allylic oxidation sites excluding steroid dienone is 4. The third-order valence-electron chi connectivity index (χ3n) is 12.8. The smallest absolute Gasteiger partial charge is 0.249 e. The van der Waals surface area contributed by atoms with Gasteiger partial charge in [0.15, 0.2) is 11.6 Å². The Morgan fingerprint density at radius 2 is 1.73 bits per heavy atom. The minimum Gasteiger partial charge on any atom is -0.295 e. The van der Waals surface area contributed by atoms with Gasteiger partial charge in [-0.25, -0.2) is 5.48 Å². The maximum Gasteiger partial charge on any atom is 0.249 e. The van der Waals surface area contributed by atoms with E-state index < -0.39 is 16.2 Å². The van der Waals surface area contributed by atoms with Crippen molar-refractivity contribution < 1.29 is 19.6 Å². The molecule has 37 heavy (non-hydrogen) atoms. The van der Waals surface area contributed by atoms with Crippen LogP contribution in [0, 0.1) is 68.0 Å². The van der Waals surface area contributed by atoms with Gasteiger partial charge in [0.25, 0.3) is 0 Å². The molecule has 200 valence electrons. The van der Waals surface area contributed by atoms with E-state index >= 15 is 0 Å². The molecule has 0 aromatic heterocycles. The maximum atomic E-state index is 14.4. The van der Waals surface area contributed by atoms with Crippen molar-refractivity contribution in [1.29, 1.82) is 5.26 Å².